The van der Waals surface area contributed by atoms with E-state index < -0.39 is 0 Å². The maximum atomic E-state index is 13.6. The van der Waals surface area contributed by atoms with Crippen LogP contribution in [0.25, 0.3) is 0 Å². The number of hydrogen-bond acceptors (Lipinski definition) is 6. The largest absolute Gasteiger partial charge is 0.495 e. The van der Waals surface area contributed by atoms with Gasteiger partial charge in [0.1, 0.15) is 11.8 Å². The van der Waals surface area contributed by atoms with E-state index in [1.54, 1.807) is 7.11 Å². The van der Waals surface area contributed by atoms with Crippen LogP contribution in [0.1, 0.15) is 32.6 Å². The van der Waals surface area contributed by atoms with Crippen molar-refractivity contribution < 1.29 is 9.53 Å². The Labute approximate surface area is 231 Å². The summed E-state index contributed by atoms with van der Waals surface area (Å²) in [5.74, 6) is 0.984. The van der Waals surface area contributed by atoms with E-state index in [-0.39, 0.29) is 5.91 Å². The molecule has 2 aliphatic heterocycles. The summed E-state index contributed by atoms with van der Waals surface area (Å²) < 4.78 is 5.54. The molecule has 2 heterocycles. The zero-order valence-corrected chi connectivity index (χ0v) is 23.2. The highest BCUT2D eigenvalue weighted by Crippen LogP contribution is 2.29. The molecule has 7 nitrogen and oxygen atoms in total. The Balaban J connectivity index is 1.23. The highest BCUT2D eigenvalue weighted by molar-refractivity contribution is 5.96. The molecule has 2 saturated heterocycles. The summed E-state index contributed by atoms with van der Waals surface area (Å²) in [5, 5.41) is 9.47. The number of benzene rings is 3. The fraction of sp³-hybridized carbons (Fsp3) is 0.375. The van der Waals surface area contributed by atoms with Gasteiger partial charge in [-0.1, -0.05) is 30.3 Å². The summed E-state index contributed by atoms with van der Waals surface area (Å²) in [5.41, 5.74) is 7.10. The first-order chi connectivity index (χ1) is 19.0. The minimum absolute atomic E-state index is 0.117. The maximum Gasteiger partial charge on any atom is 0.254 e. The number of amides is 1. The number of nitriles is 1. The number of piperazine rings is 2. The lowest BCUT2D eigenvalue weighted by molar-refractivity contribution is 0.0745. The van der Waals surface area contributed by atoms with E-state index in [9.17, 15) is 10.1 Å². The van der Waals surface area contributed by atoms with Crippen LogP contribution in [-0.4, -0.2) is 75.2 Å². The topological polar surface area (TPSA) is 63.1 Å². The summed E-state index contributed by atoms with van der Waals surface area (Å²) in [7, 11) is 1.70. The molecule has 0 radical (unpaired) electrons. The Hall–Kier alpha value is -4.02. The predicted molar refractivity (Wildman–Crippen MR) is 156 cm³/mol. The third-order valence-corrected chi connectivity index (χ3v) is 8.04. The van der Waals surface area contributed by atoms with Crippen molar-refractivity contribution in [3.63, 3.8) is 0 Å². The molecule has 0 N–H and O–H groups in total. The first-order valence-corrected chi connectivity index (χ1v) is 13.7. The van der Waals surface area contributed by atoms with E-state index in [2.05, 4.69) is 45.9 Å². The second-order valence-corrected chi connectivity index (χ2v) is 10.4. The summed E-state index contributed by atoms with van der Waals surface area (Å²) in [6.07, 6.45) is 0. The van der Waals surface area contributed by atoms with Gasteiger partial charge in [0.15, 0.2) is 0 Å². The maximum absolute atomic E-state index is 13.6. The molecule has 0 atom stereocenters. The van der Waals surface area contributed by atoms with Crippen molar-refractivity contribution in [2.24, 2.45) is 0 Å². The summed E-state index contributed by atoms with van der Waals surface area (Å²) in [6.45, 7) is 11.5. The molecular weight excluding hydrogens is 486 g/mol. The second kappa shape index (κ2) is 11.8. The van der Waals surface area contributed by atoms with E-state index in [4.69, 9.17) is 4.74 Å². The van der Waals surface area contributed by atoms with E-state index >= 15 is 0 Å². The van der Waals surface area contributed by atoms with Crippen molar-refractivity contribution in [3.8, 4) is 11.8 Å². The van der Waals surface area contributed by atoms with Crippen molar-refractivity contribution in [2.45, 2.75) is 20.4 Å². The Kier molecular flexibility index (Phi) is 8.04. The zero-order valence-electron chi connectivity index (χ0n) is 23.2. The minimum Gasteiger partial charge on any atom is -0.495 e. The van der Waals surface area contributed by atoms with Crippen LogP contribution < -0.4 is 14.5 Å². The quantitative estimate of drug-likeness (QED) is 0.475. The molecule has 1 amide bonds. The number of ether oxygens (including phenoxy) is 1. The van der Waals surface area contributed by atoms with E-state index in [0.717, 1.165) is 79.6 Å². The third kappa shape index (κ3) is 5.71. The molecule has 202 valence electrons. The van der Waals surface area contributed by atoms with Crippen LogP contribution in [0.3, 0.4) is 0 Å². The molecule has 7 heteroatoms. The first kappa shape index (κ1) is 26.6. The van der Waals surface area contributed by atoms with Gasteiger partial charge in [-0.25, -0.2) is 0 Å². The number of nitrogens with zero attached hydrogens (tertiary/aromatic N) is 5. The lowest BCUT2D eigenvalue weighted by Gasteiger charge is -2.37. The average molecular weight is 524 g/mol. The van der Waals surface area contributed by atoms with Gasteiger partial charge >= 0.3 is 0 Å². The van der Waals surface area contributed by atoms with Gasteiger partial charge in [-0.15, -0.1) is 0 Å². The van der Waals surface area contributed by atoms with Gasteiger partial charge in [0.25, 0.3) is 5.91 Å². The molecule has 3 aromatic rings. The van der Waals surface area contributed by atoms with E-state index in [1.165, 1.54) is 11.1 Å². The van der Waals surface area contributed by atoms with Gasteiger partial charge in [0.2, 0.25) is 0 Å². The first-order valence-electron chi connectivity index (χ1n) is 13.7. The molecule has 0 aromatic heterocycles. The molecule has 3 aromatic carbocycles. The number of aryl methyl sites for hydroxylation is 2. The lowest BCUT2D eigenvalue weighted by atomic mass is 9.98. The van der Waals surface area contributed by atoms with Crippen LogP contribution >= 0.6 is 0 Å². The SMILES string of the molecule is COc1ccccc1N1CCN(C(=O)c2cc(CN3CCN(c4ccccc4C#N)CC3)c(C)cc2C)CC1. The smallest absolute Gasteiger partial charge is 0.254 e. The monoisotopic (exact) mass is 523 g/mol. The van der Waals surface area contributed by atoms with Crippen molar-refractivity contribution in [3.05, 3.63) is 88.5 Å². The number of rotatable bonds is 6. The average Bonchev–Trinajstić information content (AvgIpc) is 2.98. The number of anilines is 2. The van der Waals surface area contributed by atoms with Crippen LogP contribution in [0.5, 0.6) is 5.75 Å². The van der Waals surface area contributed by atoms with Gasteiger partial charge in [-0.3, -0.25) is 9.69 Å². The fourth-order valence-electron chi connectivity index (χ4n) is 5.74. The van der Waals surface area contributed by atoms with Crippen molar-refractivity contribution in [1.82, 2.24) is 9.80 Å². The summed E-state index contributed by atoms with van der Waals surface area (Å²) >= 11 is 0. The molecule has 5 rings (SSSR count). The number of carbonyl (C=O) groups is 1. The van der Waals surface area contributed by atoms with E-state index in [0.29, 0.717) is 13.1 Å². The Bertz CT molecular complexity index is 1370. The van der Waals surface area contributed by atoms with Crippen LogP contribution in [0, 0.1) is 25.2 Å². The Morgan fingerprint density at radius 1 is 0.821 bits per heavy atom. The van der Waals surface area contributed by atoms with Crippen LogP contribution in [0.4, 0.5) is 11.4 Å². The highest BCUT2D eigenvalue weighted by atomic mass is 16.5. The molecule has 2 fully saturated rings. The minimum atomic E-state index is 0.117. The molecular formula is C32H37N5O2. The van der Waals surface area contributed by atoms with Crippen LogP contribution in [0.15, 0.2) is 60.7 Å². The van der Waals surface area contributed by atoms with Crippen molar-refractivity contribution >= 4 is 17.3 Å². The Morgan fingerprint density at radius 3 is 2.13 bits per heavy atom. The molecule has 39 heavy (non-hydrogen) atoms. The predicted octanol–water partition coefficient (Wildman–Crippen LogP) is 4.47. The molecule has 0 bridgehead atoms. The van der Waals surface area contributed by atoms with Gasteiger partial charge < -0.3 is 19.4 Å². The number of para-hydroxylation sites is 3. The van der Waals surface area contributed by atoms with Crippen LogP contribution in [0.2, 0.25) is 0 Å². The standard InChI is InChI=1S/C32H37N5O2/c1-24-20-25(2)28(32(38)37-18-16-36(17-19-37)30-10-6-7-11-31(30)39-3)21-27(24)23-34-12-14-35(15-13-34)29-9-5-4-8-26(29)22-33/h4-11,20-21H,12-19,23H2,1-3H3. The van der Waals surface area contributed by atoms with Gasteiger partial charge in [0, 0.05) is 64.5 Å². The number of carbonyl (C=O) groups excluding carboxylic acids is 1. The summed E-state index contributed by atoms with van der Waals surface area (Å²) in [4.78, 5) is 22.7. The van der Waals surface area contributed by atoms with E-state index in [1.807, 2.05) is 54.3 Å². The normalized spacial score (nSPS) is 16.2. The summed E-state index contributed by atoms with van der Waals surface area (Å²) in [6, 6.07) is 22.5. The molecule has 0 spiro atoms. The number of methoxy groups -OCH3 is 1. The molecule has 0 unspecified atom stereocenters. The second-order valence-electron chi connectivity index (χ2n) is 10.4. The molecule has 0 aliphatic carbocycles. The third-order valence-electron chi connectivity index (χ3n) is 8.04. The van der Waals surface area contributed by atoms with Crippen molar-refractivity contribution in [1.29, 1.82) is 5.26 Å². The lowest BCUT2D eigenvalue weighted by Crippen LogP contribution is -2.49. The highest BCUT2D eigenvalue weighted by Gasteiger charge is 2.26. The zero-order chi connectivity index (χ0) is 27.4. The van der Waals surface area contributed by atoms with Gasteiger partial charge in [-0.2, -0.15) is 5.26 Å². The number of hydrogen-bond donors (Lipinski definition) is 0. The van der Waals surface area contributed by atoms with Gasteiger partial charge in [-0.05, 0) is 60.9 Å². The molecule has 0 saturated carbocycles. The Morgan fingerprint density at radius 2 is 1.44 bits per heavy atom. The van der Waals surface area contributed by atoms with Gasteiger partial charge in [0.05, 0.1) is 24.0 Å². The fourth-order valence-corrected chi connectivity index (χ4v) is 5.74. The van der Waals surface area contributed by atoms with Crippen LogP contribution in [-0.2, 0) is 6.54 Å². The van der Waals surface area contributed by atoms with Crippen molar-refractivity contribution in [2.75, 3.05) is 69.3 Å². The molecule has 2 aliphatic rings.